The van der Waals surface area contributed by atoms with Crippen molar-refractivity contribution in [1.29, 1.82) is 0 Å². The third-order valence-corrected chi connectivity index (χ3v) is 4.12. The van der Waals surface area contributed by atoms with Crippen LogP contribution in [0.1, 0.15) is 0 Å². The van der Waals surface area contributed by atoms with Crippen molar-refractivity contribution in [2.24, 2.45) is 0 Å². The van der Waals surface area contributed by atoms with Crippen LogP contribution in [0.5, 0.6) is 0 Å². The van der Waals surface area contributed by atoms with Gasteiger partial charge in [0.2, 0.25) is 0 Å². The van der Waals surface area contributed by atoms with Gasteiger partial charge in [-0.25, -0.2) is 19.2 Å². The van der Waals surface area contributed by atoms with Crippen molar-refractivity contribution in [1.82, 2.24) is 0 Å². The van der Waals surface area contributed by atoms with Crippen LogP contribution in [0.4, 0.5) is 0 Å². The van der Waals surface area contributed by atoms with E-state index in [2.05, 4.69) is 8.83 Å². The van der Waals surface area contributed by atoms with Crippen molar-refractivity contribution in [2.45, 2.75) is 0 Å². The molecule has 0 N–H and O–H groups in total. The summed E-state index contributed by atoms with van der Waals surface area (Å²) >= 11 is 0. The summed E-state index contributed by atoms with van der Waals surface area (Å²) in [5.74, 6) is -4.86. The van der Waals surface area contributed by atoms with Gasteiger partial charge in [0.15, 0.2) is 22.3 Å². The van der Waals surface area contributed by atoms with Crippen LogP contribution in [0.3, 0.4) is 0 Å². The predicted octanol–water partition coefficient (Wildman–Crippen LogP) is 2.42. The summed E-state index contributed by atoms with van der Waals surface area (Å²) in [6.45, 7) is 0. The molecule has 0 bridgehead atoms. The molecule has 5 rings (SSSR count). The Morgan fingerprint density at radius 3 is 1.18 bits per heavy atom. The number of benzene rings is 3. The fourth-order valence-corrected chi connectivity index (χ4v) is 3.06. The molecule has 5 aromatic rings. The van der Waals surface area contributed by atoms with E-state index in [1.165, 1.54) is 12.1 Å². The molecule has 0 spiro atoms. The Kier molecular flexibility index (Phi) is 3.16. The molecule has 10 heteroatoms. The maximum absolute atomic E-state index is 11.6. The van der Waals surface area contributed by atoms with Crippen molar-refractivity contribution in [3.05, 3.63) is 78.9 Å². The Bertz CT molecular complexity index is 1570. The zero-order valence-corrected chi connectivity index (χ0v) is 13.5. The molecule has 0 aliphatic rings. The quantitative estimate of drug-likeness (QED) is 0.366. The van der Waals surface area contributed by atoms with Gasteiger partial charge in [-0.15, -0.1) is 0 Å². The van der Waals surface area contributed by atoms with Gasteiger partial charge in [0.25, 0.3) is 0 Å². The summed E-state index contributed by atoms with van der Waals surface area (Å²) in [5.41, 5.74) is 0.00586. The zero-order valence-electron chi connectivity index (χ0n) is 13.5. The lowest BCUT2D eigenvalue weighted by Gasteiger charge is -2.04. The van der Waals surface area contributed by atoms with Gasteiger partial charge in [0.05, 0.1) is 0 Å². The number of rotatable bonds is 0. The molecule has 0 saturated carbocycles. The van der Waals surface area contributed by atoms with E-state index in [0.29, 0.717) is 21.5 Å². The third-order valence-electron chi connectivity index (χ3n) is 4.12. The van der Waals surface area contributed by atoms with Crippen molar-refractivity contribution < 1.29 is 26.5 Å². The summed E-state index contributed by atoms with van der Waals surface area (Å²) in [6.07, 6.45) is 0. The molecule has 0 saturated heterocycles. The normalized spacial score (nSPS) is 11.4. The molecule has 138 valence electrons. The second-order valence-corrected chi connectivity index (χ2v) is 5.65. The minimum absolute atomic E-state index is 0.00283. The van der Waals surface area contributed by atoms with E-state index in [-0.39, 0.29) is 22.3 Å². The highest BCUT2D eigenvalue weighted by Crippen LogP contribution is 2.33. The highest BCUT2D eigenvalue weighted by atomic mass is 16.6. The molecule has 3 aromatic carbocycles. The van der Waals surface area contributed by atoms with Crippen LogP contribution in [-0.4, -0.2) is 0 Å². The molecule has 2 aromatic heterocycles. The molecule has 0 unspecified atom stereocenters. The number of hydrogen-bond acceptors (Lipinski definition) is 10. The van der Waals surface area contributed by atoms with Crippen LogP contribution in [0.2, 0.25) is 0 Å². The lowest BCUT2D eigenvalue weighted by atomic mass is 10.0. The third kappa shape index (κ3) is 2.35. The Morgan fingerprint density at radius 1 is 0.393 bits per heavy atom. The van der Waals surface area contributed by atoms with Crippen LogP contribution >= 0.6 is 0 Å². The van der Waals surface area contributed by atoms with Crippen LogP contribution in [0, 0.1) is 0 Å². The smallest absolute Gasteiger partial charge is 0.391 e. The topological polar surface area (TPSA) is 147 Å². The first-order chi connectivity index (χ1) is 13.5. The molecular formula is C18H6O10. The highest BCUT2D eigenvalue weighted by molar-refractivity contribution is 6.18. The SMILES string of the molecule is O=c1oc(=O)oc2c(ccc3c4ccc5oc(=O)oc(=O)oc5c4ccc32)o1. The van der Waals surface area contributed by atoms with E-state index in [1.807, 2.05) is 0 Å². The monoisotopic (exact) mass is 382 g/mol. The number of fused-ring (bicyclic) bond motifs is 7. The van der Waals surface area contributed by atoms with Gasteiger partial charge >= 0.3 is 23.3 Å². The molecule has 0 atom stereocenters. The van der Waals surface area contributed by atoms with Gasteiger partial charge < -0.3 is 26.5 Å². The first-order valence-corrected chi connectivity index (χ1v) is 7.75. The molecule has 28 heavy (non-hydrogen) atoms. The summed E-state index contributed by atoms with van der Waals surface area (Å²) < 4.78 is 28.6. The van der Waals surface area contributed by atoms with Gasteiger partial charge in [-0.1, -0.05) is 0 Å². The van der Waals surface area contributed by atoms with Gasteiger partial charge in [-0.3, -0.25) is 0 Å². The summed E-state index contributed by atoms with van der Waals surface area (Å²) in [4.78, 5) is 46.0. The van der Waals surface area contributed by atoms with Crippen molar-refractivity contribution in [2.75, 3.05) is 0 Å². The van der Waals surface area contributed by atoms with Crippen LogP contribution in [-0.2, 0) is 0 Å². The molecule has 0 amide bonds. The maximum Gasteiger partial charge on any atom is 0.524 e. The minimum atomic E-state index is -1.23. The van der Waals surface area contributed by atoms with E-state index < -0.39 is 23.3 Å². The van der Waals surface area contributed by atoms with E-state index in [4.69, 9.17) is 17.7 Å². The van der Waals surface area contributed by atoms with Gasteiger partial charge in [-0.2, -0.15) is 0 Å². The standard InChI is InChI=1S/C18H6O10/c19-15-23-11-5-3-7-8-4-6-12-14(26-18(22)28-16(20)24-12)10(8)2-1-9(7)13(11)25-17(21)27-15/h1-6H. The Hall–Kier alpha value is -4.34. The van der Waals surface area contributed by atoms with E-state index in [0.717, 1.165) is 0 Å². The predicted molar refractivity (Wildman–Crippen MR) is 92.8 cm³/mol. The lowest BCUT2D eigenvalue weighted by molar-refractivity contribution is 0.280. The summed E-state index contributed by atoms with van der Waals surface area (Å²) in [6, 6.07) is 9.22. The Balaban J connectivity index is 2.04. The second kappa shape index (κ2) is 5.58. The van der Waals surface area contributed by atoms with Crippen molar-refractivity contribution in [3.63, 3.8) is 0 Å². The maximum atomic E-state index is 11.6. The molecule has 0 radical (unpaired) electrons. The first-order valence-electron chi connectivity index (χ1n) is 7.75. The largest absolute Gasteiger partial charge is 0.524 e. The molecule has 2 heterocycles. The van der Waals surface area contributed by atoms with Crippen LogP contribution in [0.25, 0.3) is 43.9 Å². The van der Waals surface area contributed by atoms with E-state index >= 15 is 0 Å². The molecule has 10 nitrogen and oxygen atoms in total. The molecular weight excluding hydrogens is 376 g/mol. The van der Waals surface area contributed by atoms with Crippen LogP contribution < -0.4 is 23.3 Å². The van der Waals surface area contributed by atoms with Crippen LogP contribution in [0.15, 0.2) is 82.1 Å². The Labute approximate surface area is 150 Å². The second-order valence-electron chi connectivity index (χ2n) is 5.65. The van der Waals surface area contributed by atoms with Crippen molar-refractivity contribution >= 4 is 43.9 Å². The van der Waals surface area contributed by atoms with Gasteiger partial charge in [0, 0.05) is 10.8 Å². The lowest BCUT2D eigenvalue weighted by Crippen LogP contribution is -2.01. The molecule has 0 aliphatic carbocycles. The number of hydrogen-bond donors (Lipinski definition) is 0. The summed E-state index contributed by atoms with van der Waals surface area (Å²) in [7, 11) is 0. The average molecular weight is 382 g/mol. The zero-order chi connectivity index (χ0) is 19.4. The highest BCUT2D eigenvalue weighted by Gasteiger charge is 2.13. The molecule has 0 aliphatic heterocycles. The van der Waals surface area contributed by atoms with Crippen molar-refractivity contribution in [3.8, 4) is 0 Å². The summed E-state index contributed by atoms with van der Waals surface area (Å²) in [5, 5.41) is 2.03. The Morgan fingerprint density at radius 2 is 0.750 bits per heavy atom. The minimum Gasteiger partial charge on any atom is -0.391 e. The first kappa shape index (κ1) is 15.9. The van der Waals surface area contributed by atoms with E-state index in [1.54, 1.807) is 24.3 Å². The fraction of sp³-hybridized carbons (Fsp3) is 0. The van der Waals surface area contributed by atoms with Gasteiger partial charge in [0.1, 0.15) is 0 Å². The van der Waals surface area contributed by atoms with Gasteiger partial charge in [-0.05, 0) is 47.2 Å². The average Bonchev–Trinajstić information content (AvgIpc) is 2.88. The fourth-order valence-electron chi connectivity index (χ4n) is 3.06. The molecule has 0 fully saturated rings. The van der Waals surface area contributed by atoms with E-state index in [9.17, 15) is 19.2 Å².